The van der Waals surface area contributed by atoms with Gasteiger partial charge in [0.25, 0.3) is 0 Å². The number of likely N-dealkylation sites (tertiary alicyclic amines) is 1. The van der Waals surface area contributed by atoms with Crippen LogP contribution in [0.5, 0.6) is 5.75 Å². The molecule has 0 unspecified atom stereocenters. The Morgan fingerprint density at radius 1 is 1.22 bits per heavy atom. The van der Waals surface area contributed by atoms with E-state index in [-0.39, 0.29) is 18.3 Å². The van der Waals surface area contributed by atoms with Crippen molar-refractivity contribution in [3.05, 3.63) is 29.6 Å². The molecule has 7 heteroatoms. The van der Waals surface area contributed by atoms with Crippen LogP contribution in [0, 0.1) is 23.4 Å². The van der Waals surface area contributed by atoms with Crippen LogP contribution < -0.4 is 4.74 Å². The van der Waals surface area contributed by atoms with Gasteiger partial charge in [-0.25, -0.2) is 18.0 Å². The Balaban J connectivity index is 1.87. The summed E-state index contributed by atoms with van der Waals surface area (Å²) in [7, 11) is 0. The molecule has 0 N–H and O–H groups in total. The van der Waals surface area contributed by atoms with Crippen LogP contribution in [0.3, 0.4) is 0 Å². The van der Waals surface area contributed by atoms with Crippen LogP contribution >= 0.6 is 0 Å². The zero-order chi connectivity index (χ0) is 17.2. The summed E-state index contributed by atoms with van der Waals surface area (Å²) in [5.41, 5.74) is -0.569. The fourth-order valence-electron chi connectivity index (χ4n) is 2.28. The molecule has 1 heterocycles. The smallest absolute Gasteiger partial charge is 0.410 e. The lowest BCUT2D eigenvalue weighted by molar-refractivity contribution is 0.0284. The predicted octanol–water partition coefficient (Wildman–Crippen LogP) is 3.74. The summed E-state index contributed by atoms with van der Waals surface area (Å²) < 4.78 is 49.9. The number of carbonyl (C=O) groups excluding carboxylic acids is 1. The molecule has 1 saturated heterocycles. The maximum absolute atomic E-state index is 13.5. The van der Waals surface area contributed by atoms with E-state index in [9.17, 15) is 18.0 Å². The number of hydrogen-bond donors (Lipinski definition) is 0. The first-order chi connectivity index (χ1) is 10.7. The molecule has 23 heavy (non-hydrogen) atoms. The summed E-state index contributed by atoms with van der Waals surface area (Å²) in [5, 5.41) is 0. The van der Waals surface area contributed by atoms with Gasteiger partial charge in [0, 0.05) is 31.1 Å². The minimum absolute atomic E-state index is 0.0185. The van der Waals surface area contributed by atoms with E-state index >= 15 is 0 Å². The van der Waals surface area contributed by atoms with Crippen LogP contribution in [0.15, 0.2) is 12.1 Å². The van der Waals surface area contributed by atoms with Gasteiger partial charge in [-0.2, -0.15) is 0 Å². The first-order valence-electron chi connectivity index (χ1n) is 7.41. The van der Waals surface area contributed by atoms with E-state index in [0.717, 1.165) is 0 Å². The topological polar surface area (TPSA) is 38.8 Å². The molecule has 1 fully saturated rings. The third-order valence-electron chi connectivity index (χ3n) is 3.39. The van der Waals surface area contributed by atoms with E-state index < -0.39 is 29.1 Å². The molecule has 0 saturated carbocycles. The molecule has 0 aliphatic carbocycles. The molecule has 1 aliphatic heterocycles. The van der Waals surface area contributed by atoms with Crippen molar-refractivity contribution in [1.82, 2.24) is 4.90 Å². The van der Waals surface area contributed by atoms with Crippen LogP contribution in [0.1, 0.15) is 27.2 Å². The van der Waals surface area contributed by atoms with Gasteiger partial charge in [0.2, 0.25) is 0 Å². The predicted molar refractivity (Wildman–Crippen MR) is 77.7 cm³/mol. The zero-order valence-electron chi connectivity index (χ0n) is 13.4. The molecule has 1 aromatic carbocycles. The largest absolute Gasteiger partial charge is 0.490 e. The number of amides is 1. The lowest BCUT2D eigenvalue weighted by Crippen LogP contribution is -2.35. The average molecular weight is 331 g/mol. The fourth-order valence-corrected chi connectivity index (χ4v) is 2.28. The van der Waals surface area contributed by atoms with Crippen molar-refractivity contribution in [3.63, 3.8) is 0 Å². The third-order valence-corrected chi connectivity index (χ3v) is 3.39. The summed E-state index contributed by atoms with van der Waals surface area (Å²) in [6.07, 6.45) is 0.267. The van der Waals surface area contributed by atoms with Crippen molar-refractivity contribution in [2.75, 3.05) is 19.7 Å². The molecular weight excluding hydrogens is 311 g/mol. The fraction of sp³-hybridized carbons (Fsp3) is 0.562. The standard InChI is InChI=1S/C16H20F3NO3/c1-16(2,3)23-15(21)20-5-4-10(8-20)9-22-14-7-12(18)11(17)6-13(14)19/h6-7,10H,4-5,8-9H2,1-3H3/t10-/m0/s1. The number of benzene rings is 1. The summed E-state index contributed by atoms with van der Waals surface area (Å²) >= 11 is 0. The van der Waals surface area contributed by atoms with Crippen LogP contribution in [0.25, 0.3) is 0 Å². The van der Waals surface area contributed by atoms with Gasteiger partial charge in [-0.3, -0.25) is 0 Å². The monoisotopic (exact) mass is 331 g/mol. The van der Waals surface area contributed by atoms with Crippen molar-refractivity contribution in [2.24, 2.45) is 5.92 Å². The van der Waals surface area contributed by atoms with Crippen molar-refractivity contribution in [1.29, 1.82) is 0 Å². The van der Waals surface area contributed by atoms with Gasteiger partial charge < -0.3 is 14.4 Å². The molecule has 1 aliphatic rings. The Labute approximate surface area is 133 Å². The molecule has 0 spiro atoms. The molecule has 0 bridgehead atoms. The van der Waals surface area contributed by atoms with E-state index in [1.807, 2.05) is 0 Å². The van der Waals surface area contributed by atoms with Gasteiger partial charge in [0.05, 0.1) is 6.61 Å². The van der Waals surface area contributed by atoms with Crippen molar-refractivity contribution >= 4 is 6.09 Å². The summed E-state index contributed by atoms with van der Waals surface area (Å²) in [6.45, 7) is 6.40. The molecule has 1 aromatic rings. The highest BCUT2D eigenvalue weighted by molar-refractivity contribution is 5.68. The maximum atomic E-state index is 13.5. The number of hydrogen-bond acceptors (Lipinski definition) is 3. The van der Waals surface area contributed by atoms with Crippen LogP contribution in [-0.4, -0.2) is 36.3 Å². The van der Waals surface area contributed by atoms with E-state index in [1.54, 1.807) is 25.7 Å². The van der Waals surface area contributed by atoms with Crippen molar-refractivity contribution < 1.29 is 27.4 Å². The third kappa shape index (κ3) is 4.77. The van der Waals surface area contributed by atoms with Crippen LogP contribution in [0.4, 0.5) is 18.0 Å². The molecule has 0 radical (unpaired) electrons. The highest BCUT2D eigenvalue weighted by Crippen LogP contribution is 2.24. The minimum Gasteiger partial charge on any atom is -0.490 e. The highest BCUT2D eigenvalue weighted by atomic mass is 19.2. The highest BCUT2D eigenvalue weighted by Gasteiger charge is 2.30. The van der Waals surface area contributed by atoms with Crippen LogP contribution in [0.2, 0.25) is 0 Å². The number of rotatable bonds is 3. The Kier molecular flexibility index (Phi) is 5.06. The minimum atomic E-state index is -1.26. The number of nitrogens with zero attached hydrogens (tertiary/aromatic N) is 1. The zero-order valence-corrected chi connectivity index (χ0v) is 13.4. The summed E-state index contributed by atoms with van der Waals surface area (Å²) in [5.74, 6) is -3.73. The summed E-state index contributed by atoms with van der Waals surface area (Å²) in [6, 6.07) is 1.14. The quantitative estimate of drug-likeness (QED) is 0.792. The lowest BCUT2D eigenvalue weighted by atomic mass is 10.1. The van der Waals surface area contributed by atoms with E-state index in [2.05, 4.69) is 0 Å². The van der Waals surface area contributed by atoms with Gasteiger partial charge in [-0.15, -0.1) is 0 Å². The second-order valence-corrected chi connectivity index (χ2v) is 6.59. The average Bonchev–Trinajstić information content (AvgIpc) is 2.88. The number of halogens is 3. The number of carbonyl (C=O) groups is 1. The van der Waals surface area contributed by atoms with E-state index in [0.29, 0.717) is 31.6 Å². The Hall–Kier alpha value is -1.92. The molecule has 1 amide bonds. The second kappa shape index (κ2) is 6.68. The van der Waals surface area contributed by atoms with Gasteiger partial charge >= 0.3 is 6.09 Å². The van der Waals surface area contributed by atoms with Gasteiger partial charge in [0.1, 0.15) is 5.60 Å². The van der Waals surface area contributed by atoms with Gasteiger partial charge in [0.15, 0.2) is 23.2 Å². The Morgan fingerprint density at radius 3 is 2.52 bits per heavy atom. The van der Waals surface area contributed by atoms with Crippen LogP contribution in [-0.2, 0) is 4.74 Å². The van der Waals surface area contributed by atoms with Gasteiger partial charge in [-0.05, 0) is 27.2 Å². The first-order valence-corrected chi connectivity index (χ1v) is 7.41. The van der Waals surface area contributed by atoms with Gasteiger partial charge in [-0.1, -0.05) is 0 Å². The molecule has 2 rings (SSSR count). The molecule has 1 atom stereocenters. The van der Waals surface area contributed by atoms with Crippen molar-refractivity contribution in [3.8, 4) is 5.75 Å². The second-order valence-electron chi connectivity index (χ2n) is 6.59. The summed E-state index contributed by atoms with van der Waals surface area (Å²) in [4.78, 5) is 13.5. The maximum Gasteiger partial charge on any atom is 0.410 e. The first kappa shape index (κ1) is 17.4. The van der Waals surface area contributed by atoms with Crippen molar-refractivity contribution in [2.45, 2.75) is 32.8 Å². The molecular formula is C16H20F3NO3. The molecule has 4 nitrogen and oxygen atoms in total. The Bertz CT molecular complexity index is 587. The molecule has 0 aromatic heterocycles. The lowest BCUT2D eigenvalue weighted by Gasteiger charge is -2.24. The number of ether oxygens (including phenoxy) is 2. The SMILES string of the molecule is CC(C)(C)OC(=O)N1CC[C@H](COc2cc(F)c(F)cc2F)C1. The molecule has 128 valence electrons. The normalized spacial score (nSPS) is 18.2. The van der Waals surface area contributed by atoms with E-state index in [1.165, 1.54) is 0 Å². The van der Waals surface area contributed by atoms with E-state index in [4.69, 9.17) is 9.47 Å². The Morgan fingerprint density at radius 2 is 1.87 bits per heavy atom.